The van der Waals surface area contributed by atoms with Gasteiger partial charge in [-0.15, -0.1) is 6.42 Å². The Morgan fingerprint density at radius 1 is 1.50 bits per heavy atom. The average molecular weight is 224 g/mol. The van der Waals surface area contributed by atoms with Gasteiger partial charge in [-0.3, -0.25) is 4.79 Å². The van der Waals surface area contributed by atoms with E-state index in [9.17, 15) is 9.59 Å². The SMILES string of the molecule is C#CC(C)NC(=O)N1CC(C(C)C(=O)O)C1. The lowest BCUT2D eigenvalue weighted by Crippen LogP contribution is -2.57. The number of likely N-dealkylation sites (tertiary alicyclic amines) is 1. The van der Waals surface area contributed by atoms with E-state index in [1.165, 1.54) is 0 Å². The molecule has 2 unspecified atom stereocenters. The Bertz CT molecular complexity index is 329. The van der Waals surface area contributed by atoms with E-state index in [0.29, 0.717) is 13.1 Å². The topological polar surface area (TPSA) is 69.6 Å². The van der Waals surface area contributed by atoms with Crippen molar-refractivity contribution < 1.29 is 14.7 Å². The molecule has 1 heterocycles. The molecule has 2 N–H and O–H groups in total. The third kappa shape index (κ3) is 2.66. The molecule has 2 amide bonds. The normalized spacial score (nSPS) is 19.2. The Morgan fingerprint density at radius 3 is 2.50 bits per heavy atom. The number of carboxylic acid groups (broad SMARTS) is 1. The van der Waals surface area contributed by atoms with Crippen LogP contribution < -0.4 is 5.32 Å². The number of urea groups is 1. The number of carbonyl (C=O) groups excluding carboxylic acids is 1. The summed E-state index contributed by atoms with van der Waals surface area (Å²) in [7, 11) is 0. The highest BCUT2D eigenvalue weighted by Gasteiger charge is 2.37. The van der Waals surface area contributed by atoms with E-state index in [0.717, 1.165) is 0 Å². The van der Waals surface area contributed by atoms with Crippen molar-refractivity contribution >= 4 is 12.0 Å². The number of hydrogen-bond acceptors (Lipinski definition) is 2. The Balaban J connectivity index is 2.33. The molecule has 0 spiro atoms. The number of aliphatic carboxylic acids is 1. The molecule has 0 aromatic heterocycles. The molecule has 1 aliphatic rings. The lowest BCUT2D eigenvalue weighted by atomic mass is 9.87. The number of nitrogens with one attached hydrogen (secondary N) is 1. The predicted molar refractivity (Wildman–Crippen MR) is 58.7 cm³/mol. The van der Waals surface area contributed by atoms with Gasteiger partial charge in [0.25, 0.3) is 0 Å². The highest BCUT2D eigenvalue weighted by Crippen LogP contribution is 2.23. The van der Waals surface area contributed by atoms with Crippen LogP contribution >= 0.6 is 0 Å². The highest BCUT2D eigenvalue weighted by atomic mass is 16.4. The molecule has 1 saturated heterocycles. The van der Waals surface area contributed by atoms with Crippen molar-refractivity contribution in [2.24, 2.45) is 11.8 Å². The number of hydrogen-bond donors (Lipinski definition) is 2. The van der Waals surface area contributed by atoms with Crippen molar-refractivity contribution in [1.82, 2.24) is 10.2 Å². The van der Waals surface area contributed by atoms with Crippen molar-refractivity contribution in [3.63, 3.8) is 0 Å². The summed E-state index contributed by atoms with van der Waals surface area (Å²) in [5.74, 6) is 1.22. The maximum atomic E-state index is 11.5. The van der Waals surface area contributed by atoms with E-state index in [2.05, 4.69) is 11.2 Å². The lowest BCUT2D eigenvalue weighted by Gasteiger charge is -2.41. The third-order valence-electron chi connectivity index (χ3n) is 2.88. The molecule has 5 heteroatoms. The molecular weight excluding hydrogens is 208 g/mol. The van der Waals surface area contributed by atoms with E-state index in [4.69, 9.17) is 11.5 Å². The van der Waals surface area contributed by atoms with Gasteiger partial charge in [0.2, 0.25) is 0 Å². The van der Waals surface area contributed by atoms with Crippen LogP contribution in [0, 0.1) is 24.2 Å². The first kappa shape index (κ1) is 12.4. The van der Waals surface area contributed by atoms with Gasteiger partial charge in [-0.05, 0) is 6.92 Å². The quantitative estimate of drug-likeness (QED) is 0.680. The molecule has 2 atom stereocenters. The summed E-state index contributed by atoms with van der Waals surface area (Å²) >= 11 is 0. The number of amides is 2. The van der Waals surface area contributed by atoms with Crippen LogP contribution in [0.15, 0.2) is 0 Å². The zero-order valence-electron chi connectivity index (χ0n) is 9.43. The smallest absolute Gasteiger partial charge is 0.318 e. The van der Waals surface area contributed by atoms with Crippen molar-refractivity contribution in [2.45, 2.75) is 19.9 Å². The monoisotopic (exact) mass is 224 g/mol. The number of carboxylic acids is 1. The van der Waals surface area contributed by atoms with E-state index in [-0.39, 0.29) is 18.0 Å². The summed E-state index contributed by atoms with van der Waals surface area (Å²) in [6.45, 7) is 4.34. The van der Waals surface area contributed by atoms with Crippen LogP contribution in [-0.4, -0.2) is 41.1 Å². The van der Waals surface area contributed by atoms with Crippen molar-refractivity contribution in [2.75, 3.05) is 13.1 Å². The molecule has 0 aromatic carbocycles. The Hall–Kier alpha value is -1.70. The summed E-state index contributed by atoms with van der Waals surface area (Å²) in [6, 6.07) is -0.525. The second kappa shape index (κ2) is 4.88. The summed E-state index contributed by atoms with van der Waals surface area (Å²) in [4.78, 5) is 23.8. The predicted octanol–water partition coefficient (Wildman–Crippen LogP) is 0.370. The molecule has 16 heavy (non-hydrogen) atoms. The molecule has 1 fully saturated rings. The van der Waals surface area contributed by atoms with E-state index >= 15 is 0 Å². The molecule has 1 aliphatic heterocycles. The van der Waals surface area contributed by atoms with E-state index in [1.807, 2.05) is 0 Å². The van der Waals surface area contributed by atoms with Crippen LogP contribution in [0.4, 0.5) is 4.79 Å². The van der Waals surface area contributed by atoms with Gasteiger partial charge in [0.05, 0.1) is 12.0 Å². The van der Waals surface area contributed by atoms with Gasteiger partial charge in [0.1, 0.15) is 0 Å². The second-order valence-corrected chi connectivity index (χ2v) is 4.13. The first-order chi connectivity index (χ1) is 7.45. The number of nitrogens with zero attached hydrogens (tertiary/aromatic N) is 1. The van der Waals surface area contributed by atoms with Gasteiger partial charge < -0.3 is 15.3 Å². The molecule has 0 saturated carbocycles. The minimum absolute atomic E-state index is 0.0457. The minimum Gasteiger partial charge on any atom is -0.481 e. The van der Waals surface area contributed by atoms with Gasteiger partial charge in [-0.1, -0.05) is 12.8 Å². The zero-order chi connectivity index (χ0) is 12.3. The average Bonchev–Trinajstić information content (AvgIpc) is 2.14. The largest absolute Gasteiger partial charge is 0.481 e. The fourth-order valence-electron chi connectivity index (χ4n) is 1.51. The Labute approximate surface area is 94.8 Å². The molecule has 0 bridgehead atoms. The molecule has 88 valence electrons. The van der Waals surface area contributed by atoms with Gasteiger partial charge in [-0.2, -0.15) is 0 Å². The number of terminal acetylenes is 1. The van der Waals surface area contributed by atoms with Crippen LogP contribution in [0.1, 0.15) is 13.8 Å². The van der Waals surface area contributed by atoms with Crippen molar-refractivity contribution in [3.05, 3.63) is 0 Å². The van der Waals surface area contributed by atoms with Crippen LogP contribution in [0.5, 0.6) is 0 Å². The summed E-state index contributed by atoms with van der Waals surface area (Å²) in [6.07, 6.45) is 5.13. The molecule has 0 radical (unpaired) electrons. The van der Waals surface area contributed by atoms with Crippen LogP contribution in [-0.2, 0) is 4.79 Å². The second-order valence-electron chi connectivity index (χ2n) is 4.13. The Morgan fingerprint density at radius 2 is 2.06 bits per heavy atom. The van der Waals surface area contributed by atoms with Crippen molar-refractivity contribution in [1.29, 1.82) is 0 Å². The molecule has 0 aromatic rings. The van der Waals surface area contributed by atoms with Gasteiger partial charge in [0, 0.05) is 19.0 Å². The van der Waals surface area contributed by atoms with Crippen LogP contribution in [0.3, 0.4) is 0 Å². The van der Waals surface area contributed by atoms with Gasteiger partial charge in [0.15, 0.2) is 0 Å². The van der Waals surface area contributed by atoms with Crippen molar-refractivity contribution in [3.8, 4) is 12.3 Å². The van der Waals surface area contributed by atoms with Gasteiger partial charge >= 0.3 is 12.0 Å². The van der Waals surface area contributed by atoms with E-state index < -0.39 is 11.9 Å². The Kier molecular flexibility index (Phi) is 3.78. The fraction of sp³-hybridized carbons (Fsp3) is 0.636. The fourth-order valence-corrected chi connectivity index (χ4v) is 1.51. The van der Waals surface area contributed by atoms with E-state index in [1.54, 1.807) is 18.7 Å². The minimum atomic E-state index is -0.818. The molecular formula is C11H16N2O3. The summed E-state index contributed by atoms with van der Waals surface area (Å²) in [5, 5.41) is 11.4. The number of rotatable bonds is 3. The summed E-state index contributed by atoms with van der Waals surface area (Å²) in [5.41, 5.74) is 0. The standard InChI is InChI=1S/C11H16N2O3/c1-4-7(2)12-11(16)13-5-9(6-13)8(3)10(14)15/h1,7-9H,5-6H2,2-3H3,(H,12,16)(H,14,15). The third-order valence-corrected chi connectivity index (χ3v) is 2.88. The summed E-state index contributed by atoms with van der Waals surface area (Å²) < 4.78 is 0. The molecule has 1 rings (SSSR count). The molecule has 5 nitrogen and oxygen atoms in total. The molecule has 0 aliphatic carbocycles. The maximum Gasteiger partial charge on any atom is 0.318 e. The first-order valence-corrected chi connectivity index (χ1v) is 5.20. The van der Waals surface area contributed by atoms with Gasteiger partial charge in [-0.25, -0.2) is 4.79 Å². The number of carbonyl (C=O) groups is 2. The van der Waals surface area contributed by atoms with Crippen LogP contribution in [0.25, 0.3) is 0 Å². The van der Waals surface area contributed by atoms with Crippen LogP contribution in [0.2, 0.25) is 0 Å². The lowest BCUT2D eigenvalue weighted by molar-refractivity contribution is -0.144. The maximum absolute atomic E-state index is 11.5. The highest BCUT2D eigenvalue weighted by molar-refractivity contribution is 5.76. The zero-order valence-corrected chi connectivity index (χ0v) is 9.43. The first-order valence-electron chi connectivity index (χ1n) is 5.20.